The molecule has 0 fully saturated rings. The predicted octanol–water partition coefficient (Wildman–Crippen LogP) is 1.28. The van der Waals surface area contributed by atoms with Crippen molar-refractivity contribution in [3.8, 4) is 17.1 Å². The second-order valence-electron chi connectivity index (χ2n) is 2.48. The van der Waals surface area contributed by atoms with E-state index in [9.17, 15) is 0 Å². The first-order valence-corrected chi connectivity index (χ1v) is 3.81. The van der Waals surface area contributed by atoms with Gasteiger partial charge in [-0.2, -0.15) is 5.10 Å². The zero-order valence-electron chi connectivity index (χ0n) is 7.11. The van der Waals surface area contributed by atoms with Gasteiger partial charge in [0.2, 0.25) is 0 Å². The summed E-state index contributed by atoms with van der Waals surface area (Å²) >= 11 is 0. The number of rotatable bonds is 2. The molecule has 0 spiro atoms. The van der Waals surface area contributed by atoms with Gasteiger partial charge in [0.1, 0.15) is 12.1 Å². The molecule has 1 aromatic carbocycles. The quantitative estimate of drug-likeness (QED) is 0.746. The highest BCUT2D eigenvalue weighted by Crippen LogP contribution is 2.19. The van der Waals surface area contributed by atoms with Crippen LogP contribution in [0.4, 0.5) is 0 Å². The Bertz CT molecular complexity index is 384. The van der Waals surface area contributed by atoms with Crippen molar-refractivity contribution in [3.63, 3.8) is 0 Å². The average Bonchev–Trinajstić information content (AvgIpc) is 2.71. The molecule has 0 aliphatic carbocycles. The Balaban J connectivity index is 2.41. The summed E-state index contributed by atoms with van der Waals surface area (Å²) in [6.07, 6.45) is 1.54. The fourth-order valence-corrected chi connectivity index (χ4v) is 1.05. The molecule has 0 atom stereocenters. The molecule has 0 aliphatic rings. The van der Waals surface area contributed by atoms with E-state index in [4.69, 9.17) is 4.74 Å². The fraction of sp³-hybridized carbons (Fsp3) is 0.111. The minimum Gasteiger partial charge on any atom is -0.497 e. The van der Waals surface area contributed by atoms with Gasteiger partial charge in [0.05, 0.1) is 7.11 Å². The van der Waals surface area contributed by atoms with Crippen LogP contribution in [0.2, 0.25) is 0 Å². The molecule has 0 saturated heterocycles. The van der Waals surface area contributed by atoms with Crippen molar-refractivity contribution < 1.29 is 4.74 Å². The number of nitrogens with zero attached hydrogens (tertiary/aromatic N) is 2. The topological polar surface area (TPSA) is 50.8 Å². The van der Waals surface area contributed by atoms with Gasteiger partial charge in [0.15, 0.2) is 5.82 Å². The molecular weight excluding hydrogens is 166 g/mol. The van der Waals surface area contributed by atoms with Crippen LogP contribution in [0, 0.1) is 6.07 Å². The van der Waals surface area contributed by atoms with Gasteiger partial charge in [-0.25, -0.2) is 4.98 Å². The smallest absolute Gasteiger partial charge is 0.180 e. The monoisotopic (exact) mass is 174 g/mol. The molecule has 4 heteroatoms. The highest BCUT2D eigenvalue weighted by Gasteiger charge is 2.01. The molecule has 2 aromatic rings. The molecule has 0 saturated carbocycles. The molecule has 2 rings (SSSR count). The van der Waals surface area contributed by atoms with E-state index in [-0.39, 0.29) is 0 Å². The number of aromatic amines is 1. The molecule has 1 heterocycles. The zero-order valence-corrected chi connectivity index (χ0v) is 7.11. The molecule has 0 bridgehead atoms. The van der Waals surface area contributed by atoms with Crippen molar-refractivity contribution in [1.29, 1.82) is 0 Å². The number of aromatic nitrogens is 3. The van der Waals surface area contributed by atoms with Crippen LogP contribution in [0.25, 0.3) is 11.4 Å². The summed E-state index contributed by atoms with van der Waals surface area (Å²) in [6.45, 7) is 0. The van der Waals surface area contributed by atoms with Crippen LogP contribution in [0.5, 0.6) is 5.75 Å². The summed E-state index contributed by atoms with van der Waals surface area (Å²) in [7, 11) is 1.62. The van der Waals surface area contributed by atoms with E-state index >= 15 is 0 Å². The molecule has 1 aromatic heterocycles. The van der Waals surface area contributed by atoms with Gasteiger partial charge in [-0.1, -0.05) is 0 Å². The maximum absolute atomic E-state index is 5.06. The maximum Gasteiger partial charge on any atom is 0.180 e. The second-order valence-corrected chi connectivity index (χ2v) is 2.48. The lowest BCUT2D eigenvalue weighted by Gasteiger charge is -1.99. The zero-order chi connectivity index (χ0) is 9.10. The van der Waals surface area contributed by atoms with Crippen LogP contribution < -0.4 is 4.74 Å². The van der Waals surface area contributed by atoms with Gasteiger partial charge in [-0.05, 0) is 24.3 Å². The summed E-state index contributed by atoms with van der Waals surface area (Å²) < 4.78 is 5.06. The highest BCUT2D eigenvalue weighted by atomic mass is 16.5. The number of hydrogen-bond donors (Lipinski definition) is 1. The van der Waals surface area contributed by atoms with Crippen LogP contribution in [-0.2, 0) is 0 Å². The molecular formula is C9H8N3O. The Hall–Kier alpha value is -1.84. The number of ether oxygens (including phenoxy) is 1. The summed E-state index contributed by atoms with van der Waals surface area (Å²) in [5, 5.41) is 6.60. The van der Waals surface area contributed by atoms with Crippen molar-refractivity contribution in [1.82, 2.24) is 15.2 Å². The summed E-state index contributed by atoms with van der Waals surface area (Å²) in [5.74, 6) is 1.40. The standard InChI is InChI=1S/C9H8N3O/c1-13-8-4-2-3-7(5-8)9-10-6-11-12-9/h3-6H,1H3,(H,10,11,12). The molecule has 0 aliphatic heterocycles. The third kappa shape index (κ3) is 1.51. The predicted molar refractivity (Wildman–Crippen MR) is 47.2 cm³/mol. The number of methoxy groups -OCH3 is 1. The number of H-pyrrole nitrogens is 1. The first kappa shape index (κ1) is 7.79. The van der Waals surface area contributed by atoms with Crippen molar-refractivity contribution >= 4 is 0 Å². The number of benzene rings is 1. The van der Waals surface area contributed by atoms with Crippen molar-refractivity contribution in [2.45, 2.75) is 0 Å². The summed E-state index contributed by atoms with van der Waals surface area (Å²) in [4.78, 5) is 4.02. The summed E-state index contributed by atoms with van der Waals surface area (Å²) in [6, 6.07) is 8.38. The van der Waals surface area contributed by atoms with E-state index in [1.807, 2.05) is 12.1 Å². The minimum atomic E-state index is 0.648. The third-order valence-electron chi connectivity index (χ3n) is 1.67. The highest BCUT2D eigenvalue weighted by molar-refractivity contribution is 5.56. The van der Waals surface area contributed by atoms with E-state index in [0.29, 0.717) is 5.82 Å². The van der Waals surface area contributed by atoms with E-state index in [2.05, 4.69) is 21.2 Å². The van der Waals surface area contributed by atoms with Gasteiger partial charge in [0.25, 0.3) is 0 Å². The number of hydrogen-bond acceptors (Lipinski definition) is 3. The van der Waals surface area contributed by atoms with Crippen molar-refractivity contribution in [3.05, 3.63) is 30.6 Å². The molecule has 1 N–H and O–H groups in total. The molecule has 13 heavy (non-hydrogen) atoms. The molecule has 65 valence electrons. The number of nitrogens with one attached hydrogen (secondary N) is 1. The molecule has 1 radical (unpaired) electrons. The normalized spacial score (nSPS) is 9.92. The minimum absolute atomic E-state index is 0.648. The fourth-order valence-electron chi connectivity index (χ4n) is 1.05. The molecule has 0 unspecified atom stereocenters. The average molecular weight is 174 g/mol. The Morgan fingerprint density at radius 3 is 3.08 bits per heavy atom. The van der Waals surface area contributed by atoms with Crippen LogP contribution in [-0.4, -0.2) is 22.3 Å². The van der Waals surface area contributed by atoms with E-state index in [0.717, 1.165) is 11.3 Å². The SMILES string of the molecule is COc1c[c]cc(-c2nc[nH]n2)c1. The van der Waals surface area contributed by atoms with Gasteiger partial charge >= 0.3 is 0 Å². The maximum atomic E-state index is 5.06. The van der Waals surface area contributed by atoms with Crippen molar-refractivity contribution in [2.75, 3.05) is 7.11 Å². The lowest BCUT2D eigenvalue weighted by Crippen LogP contribution is -1.85. The Labute approximate surface area is 75.6 Å². The first-order valence-electron chi connectivity index (χ1n) is 3.81. The van der Waals surface area contributed by atoms with Crippen LogP contribution in [0.3, 0.4) is 0 Å². The Morgan fingerprint density at radius 2 is 2.38 bits per heavy atom. The molecule has 4 nitrogen and oxygen atoms in total. The lowest BCUT2D eigenvalue weighted by molar-refractivity contribution is 0.415. The van der Waals surface area contributed by atoms with Gasteiger partial charge in [-0.15, -0.1) is 0 Å². The van der Waals surface area contributed by atoms with E-state index in [1.54, 1.807) is 13.2 Å². The van der Waals surface area contributed by atoms with E-state index < -0.39 is 0 Å². The summed E-state index contributed by atoms with van der Waals surface area (Å²) in [5.41, 5.74) is 0.889. The van der Waals surface area contributed by atoms with Gasteiger partial charge in [-0.3, -0.25) is 5.10 Å². The van der Waals surface area contributed by atoms with Gasteiger partial charge in [0, 0.05) is 5.56 Å². The van der Waals surface area contributed by atoms with Crippen LogP contribution in [0.15, 0.2) is 24.5 Å². The largest absolute Gasteiger partial charge is 0.497 e. The van der Waals surface area contributed by atoms with Crippen LogP contribution in [0.1, 0.15) is 0 Å². The van der Waals surface area contributed by atoms with E-state index in [1.165, 1.54) is 6.33 Å². The van der Waals surface area contributed by atoms with Gasteiger partial charge < -0.3 is 4.74 Å². The third-order valence-corrected chi connectivity index (χ3v) is 1.67. The molecule has 0 amide bonds. The van der Waals surface area contributed by atoms with Crippen molar-refractivity contribution in [2.24, 2.45) is 0 Å². The second kappa shape index (κ2) is 3.26. The first-order chi connectivity index (χ1) is 6.40. The Kier molecular flexibility index (Phi) is 1.96. The lowest BCUT2D eigenvalue weighted by atomic mass is 10.2. The van der Waals surface area contributed by atoms with Crippen LogP contribution >= 0.6 is 0 Å². The Morgan fingerprint density at radius 1 is 1.46 bits per heavy atom.